The van der Waals surface area contributed by atoms with Crippen LogP contribution in [0.1, 0.15) is 90.4 Å². The summed E-state index contributed by atoms with van der Waals surface area (Å²) in [6.45, 7) is 2.22. The van der Waals surface area contributed by atoms with Crippen molar-refractivity contribution in [3.05, 3.63) is 12.2 Å². The topological polar surface area (TPSA) is 55.8 Å². The number of allylic oxidation sites excluding steroid dienone is 1. The Balaban J connectivity index is 3.49. The fraction of sp³-hybridized carbons (Fsp3) is 0.842. The van der Waals surface area contributed by atoms with Gasteiger partial charge in [0.1, 0.15) is 6.10 Å². The normalized spacial score (nSPS) is 12.7. The van der Waals surface area contributed by atoms with Crippen LogP contribution in [0.3, 0.4) is 0 Å². The van der Waals surface area contributed by atoms with Crippen LogP contribution >= 0.6 is 0 Å². The maximum atomic E-state index is 11.0. The van der Waals surface area contributed by atoms with Crippen LogP contribution in [0.25, 0.3) is 0 Å². The van der Waals surface area contributed by atoms with Crippen LogP contribution in [-0.4, -0.2) is 24.4 Å². The molecule has 0 amide bonds. The van der Waals surface area contributed by atoms with Crippen LogP contribution in [0.4, 0.5) is 0 Å². The Labute approximate surface area is 142 Å². The molecule has 0 rings (SSSR count). The lowest BCUT2D eigenvalue weighted by atomic mass is 10.1. The summed E-state index contributed by atoms with van der Waals surface area (Å²) in [5.41, 5.74) is 0. The molecule has 0 saturated carbocycles. The van der Waals surface area contributed by atoms with Crippen molar-refractivity contribution in [2.24, 2.45) is 0 Å². The number of rotatable bonds is 16. The summed E-state index contributed by atoms with van der Waals surface area (Å²) in [5, 5.41) is 8.93. The molecule has 4 heteroatoms. The van der Waals surface area contributed by atoms with Crippen molar-refractivity contribution < 1.29 is 19.7 Å². The van der Waals surface area contributed by atoms with Gasteiger partial charge in [0.05, 0.1) is 7.11 Å². The van der Waals surface area contributed by atoms with Gasteiger partial charge < -0.3 is 4.74 Å². The molecule has 0 aromatic carbocycles. The Kier molecular flexibility index (Phi) is 16.8. The molecule has 0 radical (unpaired) electrons. The highest BCUT2D eigenvalue weighted by Crippen LogP contribution is 2.12. The molecule has 136 valence electrons. The Hall–Kier alpha value is -0.870. The standard InChI is InChI=1S/C19H36O4/c1-3-4-5-6-7-9-12-15-18(23-21)16-13-10-8-11-14-17-19(20)22-2/h12,15,18,21H,3-11,13-14,16-17H2,1-2H3. The summed E-state index contributed by atoms with van der Waals surface area (Å²) < 4.78 is 4.61. The summed E-state index contributed by atoms with van der Waals surface area (Å²) >= 11 is 0. The molecule has 0 spiro atoms. The van der Waals surface area contributed by atoms with E-state index in [-0.39, 0.29) is 12.1 Å². The largest absolute Gasteiger partial charge is 0.469 e. The van der Waals surface area contributed by atoms with Crippen molar-refractivity contribution in [2.45, 2.75) is 96.5 Å². The van der Waals surface area contributed by atoms with Crippen molar-refractivity contribution in [1.82, 2.24) is 0 Å². The molecule has 0 fully saturated rings. The predicted octanol–water partition coefficient (Wildman–Crippen LogP) is 5.67. The van der Waals surface area contributed by atoms with Crippen LogP contribution < -0.4 is 0 Å². The van der Waals surface area contributed by atoms with Gasteiger partial charge in [0, 0.05) is 6.42 Å². The quantitative estimate of drug-likeness (QED) is 0.130. The monoisotopic (exact) mass is 328 g/mol. The smallest absolute Gasteiger partial charge is 0.305 e. The van der Waals surface area contributed by atoms with Crippen LogP contribution in [0.15, 0.2) is 12.2 Å². The van der Waals surface area contributed by atoms with E-state index in [1.54, 1.807) is 0 Å². The van der Waals surface area contributed by atoms with Gasteiger partial charge in [-0.25, -0.2) is 4.89 Å². The van der Waals surface area contributed by atoms with Gasteiger partial charge >= 0.3 is 5.97 Å². The lowest BCUT2D eigenvalue weighted by Gasteiger charge is -2.08. The Morgan fingerprint density at radius 1 is 1.00 bits per heavy atom. The lowest BCUT2D eigenvalue weighted by Crippen LogP contribution is -2.06. The summed E-state index contributed by atoms with van der Waals surface area (Å²) in [6.07, 6.45) is 18.0. The highest BCUT2D eigenvalue weighted by atomic mass is 17.1. The van der Waals surface area contributed by atoms with Gasteiger partial charge in [0.15, 0.2) is 0 Å². The lowest BCUT2D eigenvalue weighted by molar-refractivity contribution is -0.267. The maximum absolute atomic E-state index is 11.0. The molecule has 0 aromatic rings. The van der Waals surface area contributed by atoms with Crippen molar-refractivity contribution in [3.8, 4) is 0 Å². The fourth-order valence-electron chi connectivity index (χ4n) is 2.55. The van der Waals surface area contributed by atoms with E-state index in [4.69, 9.17) is 5.26 Å². The van der Waals surface area contributed by atoms with Crippen molar-refractivity contribution in [3.63, 3.8) is 0 Å². The summed E-state index contributed by atoms with van der Waals surface area (Å²) in [7, 11) is 1.43. The first-order valence-electron chi connectivity index (χ1n) is 9.28. The van der Waals surface area contributed by atoms with Gasteiger partial charge in [0.2, 0.25) is 0 Å². The number of carbonyl (C=O) groups is 1. The molecule has 1 unspecified atom stereocenters. The van der Waals surface area contributed by atoms with Crippen LogP contribution in [0.5, 0.6) is 0 Å². The predicted molar refractivity (Wildman–Crippen MR) is 94.4 cm³/mol. The molecule has 0 aromatic heterocycles. The molecule has 0 heterocycles. The number of esters is 1. The molecule has 0 aliphatic carbocycles. The molecular weight excluding hydrogens is 292 g/mol. The molecule has 0 saturated heterocycles. The third kappa shape index (κ3) is 15.8. The Bertz CT molecular complexity index is 289. The van der Waals surface area contributed by atoms with Crippen LogP contribution in [-0.2, 0) is 14.4 Å². The Morgan fingerprint density at radius 3 is 2.35 bits per heavy atom. The second-order valence-electron chi connectivity index (χ2n) is 6.16. The third-order valence-corrected chi connectivity index (χ3v) is 4.06. The molecule has 0 aliphatic rings. The van der Waals surface area contributed by atoms with E-state index in [0.717, 1.165) is 44.9 Å². The molecule has 1 atom stereocenters. The molecular formula is C19H36O4. The number of hydrogen-bond donors (Lipinski definition) is 1. The van der Waals surface area contributed by atoms with E-state index in [1.165, 1.54) is 39.2 Å². The maximum Gasteiger partial charge on any atom is 0.305 e. The highest BCUT2D eigenvalue weighted by molar-refractivity contribution is 5.68. The van der Waals surface area contributed by atoms with Crippen LogP contribution in [0, 0.1) is 0 Å². The van der Waals surface area contributed by atoms with Gasteiger partial charge in [0.25, 0.3) is 0 Å². The first kappa shape index (κ1) is 22.1. The van der Waals surface area contributed by atoms with E-state index < -0.39 is 0 Å². The van der Waals surface area contributed by atoms with Gasteiger partial charge in [-0.05, 0) is 25.7 Å². The number of hydrogen-bond acceptors (Lipinski definition) is 4. The van der Waals surface area contributed by atoms with Gasteiger partial charge in [-0.2, -0.15) is 0 Å². The third-order valence-electron chi connectivity index (χ3n) is 4.06. The second-order valence-corrected chi connectivity index (χ2v) is 6.16. The second kappa shape index (κ2) is 17.5. The molecule has 23 heavy (non-hydrogen) atoms. The average molecular weight is 328 g/mol. The number of unbranched alkanes of at least 4 members (excludes halogenated alkanes) is 9. The minimum Gasteiger partial charge on any atom is -0.469 e. The van der Waals surface area contributed by atoms with Crippen LogP contribution in [0.2, 0.25) is 0 Å². The minimum atomic E-state index is -0.180. The average Bonchev–Trinajstić information content (AvgIpc) is 2.57. The van der Waals surface area contributed by atoms with Crippen molar-refractivity contribution >= 4 is 5.97 Å². The fourth-order valence-corrected chi connectivity index (χ4v) is 2.55. The summed E-state index contributed by atoms with van der Waals surface area (Å²) in [6, 6.07) is 0. The van der Waals surface area contributed by atoms with E-state index in [2.05, 4.69) is 22.6 Å². The Morgan fingerprint density at radius 2 is 1.65 bits per heavy atom. The van der Waals surface area contributed by atoms with Gasteiger partial charge in [-0.1, -0.05) is 70.4 Å². The van der Waals surface area contributed by atoms with E-state index >= 15 is 0 Å². The minimum absolute atomic E-state index is 0.126. The molecule has 1 N–H and O–H groups in total. The van der Waals surface area contributed by atoms with E-state index in [1.807, 2.05) is 6.08 Å². The van der Waals surface area contributed by atoms with Gasteiger partial charge in [-0.15, -0.1) is 0 Å². The zero-order valence-corrected chi connectivity index (χ0v) is 15.1. The highest BCUT2D eigenvalue weighted by Gasteiger charge is 2.04. The molecule has 4 nitrogen and oxygen atoms in total. The zero-order chi connectivity index (χ0) is 17.2. The number of carbonyl (C=O) groups excluding carboxylic acids is 1. The first-order chi connectivity index (χ1) is 11.2. The number of methoxy groups -OCH3 is 1. The van der Waals surface area contributed by atoms with Gasteiger partial charge in [-0.3, -0.25) is 10.1 Å². The molecule has 0 bridgehead atoms. The van der Waals surface area contributed by atoms with E-state index in [0.29, 0.717) is 6.42 Å². The summed E-state index contributed by atoms with van der Waals surface area (Å²) in [4.78, 5) is 15.5. The number of ether oxygens (including phenoxy) is 1. The van der Waals surface area contributed by atoms with Crippen molar-refractivity contribution in [2.75, 3.05) is 7.11 Å². The SMILES string of the molecule is CCCCCCCC=CC(CCCCCCCC(=O)OC)OO. The zero-order valence-electron chi connectivity index (χ0n) is 15.1. The molecule has 0 aliphatic heterocycles. The first-order valence-corrected chi connectivity index (χ1v) is 9.28. The van der Waals surface area contributed by atoms with E-state index in [9.17, 15) is 4.79 Å². The summed E-state index contributed by atoms with van der Waals surface area (Å²) in [5.74, 6) is -0.126. The van der Waals surface area contributed by atoms with Crippen molar-refractivity contribution in [1.29, 1.82) is 0 Å².